The van der Waals surface area contributed by atoms with Crippen molar-refractivity contribution in [3.63, 3.8) is 0 Å². The minimum Gasteiger partial charge on any atom is -0.501 e. The van der Waals surface area contributed by atoms with Crippen LogP contribution >= 0.6 is 0 Å². The Hall–Kier alpha value is -3.68. The van der Waals surface area contributed by atoms with Gasteiger partial charge in [-0.25, -0.2) is 4.98 Å². The zero-order valence-corrected chi connectivity index (χ0v) is 15.3. The minimum atomic E-state index is -0.709. The fourth-order valence-corrected chi connectivity index (χ4v) is 2.41. The highest BCUT2D eigenvalue weighted by molar-refractivity contribution is 6.06. The predicted molar refractivity (Wildman–Crippen MR) is 103 cm³/mol. The van der Waals surface area contributed by atoms with Crippen LogP contribution in [0.1, 0.15) is 30.3 Å². The van der Waals surface area contributed by atoms with Gasteiger partial charge in [-0.2, -0.15) is 4.98 Å². The first-order chi connectivity index (χ1) is 13.6. The Bertz CT molecular complexity index is 964. The number of benzene rings is 1. The van der Waals surface area contributed by atoms with E-state index in [9.17, 15) is 15.0 Å². The van der Waals surface area contributed by atoms with Crippen molar-refractivity contribution in [2.75, 3.05) is 11.9 Å². The van der Waals surface area contributed by atoms with E-state index in [1.807, 2.05) is 0 Å². The summed E-state index contributed by atoms with van der Waals surface area (Å²) in [5.41, 5.74) is 0.423. The van der Waals surface area contributed by atoms with Gasteiger partial charge in [0, 0.05) is 6.20 Å². The highest BCUT2D eigenvalue weighted by atomic mass is 16.5. The monoisotopic (exact) mass is 380 g/mol. The van der Waals surface area contributed by atoms with Crippen LogP contribution in [0.15, 0.2) is 48.7 Å². The molecule has 3 rings (SSSR count). The lowest BCUT2D eigenvalue weighted by Gasteiger charge is -2.13. The maximum absolute atomic E-state index is 12.7. The molecule has 0 atom stereocenters. The first kappa shape index (κ1) is 19.1. The molecule has 8 heteroatoms. The first-order valence-corrected chi connectivity index (χ1v) is 8.84. The molecular formula is C20H20N4O4. The van der Waals surface area contributed by atoms with Gasteiger partial charge in [0.25, 0.3) is 11.8 Å². The number of anilines is 1. The van der Waals surface area contributed by atoms with E-state index in [-0.39, 0.29) is 11.5 Å². The van der Waals surface area contributed by atoms with Gasteiger partial charge in [0.05, 0.1) is 12.3 Å². The standard InChI is InChI=1S/C20H20N4O4/c1-2-3-12-28-15-10-5-4-8-13(15)22-19(26)16-17(25)20(27)24-18(23-16)14-9-6-7-11-21-14/h4-11,25H,2-3,12H2,1H3,(H,22,26)(H,23,24,27). The zero-order chi connectivity index (χ0) is 19.9. The number of para-hydroxylation sites is 2. The van der Waals surface area contributed by atoms with E-state index >= 15 is 0 Å². The average Bonchev–Trinajstić information content (AvgIpc) is 2.72. The summed E-state index contributed by atoms with van der Waals surface area (Å²) >= 11 is 0. The Kier molecular flexibility index (Phi) is 6.01. The topological polar surface area (TPSA) is 117 Å². The van der Waals surface area contributed by atoms with Crippen LogP contribution in [0.25, 0.3) is 11.5 Å². The molecule has 0 aliphatic heterocycles. The summed E-state index contributed by atoms with van der Waals surface area (Å²) in [5, 5.41) is 22.6. The molecule has 2 aromatic heterocycles. The third-order valence-corrected chi connectivity index (χ3v) is 3.87. The van der Waals surface area contributed by atoms with Gasteiger partial charge < -0.3 is 20.3 Å². The second-order valence-corrected chi connectivity index (χ2v) is 5.94. The lowest BCUT2D eigenvalue weighted by Crippen LogP contribution is -2.16. The zero-order valence-electron chi connectivity index (χ0n) is 15.3. The second-order valence-electron chi connectivity index (χ2n) is 5.94. The van der Waals surface area contributed by atoms with E-state index < -0.39 is 17.5 Å². The average molecular weight is 380 g/mol. The van der Waals surface area contributed by atoms with Gasteiger partial charge in [-0.05, 0) is 30.7 Å². The van der Waals surface area contributed by atoms with Crippen molar-refractivity contribution in [3.8, 4) is 28.9 Å². The van der Waals surface area contributed by atoms with E-state index in [0.717, 1.165) is 12.8 Å². The lowest BCUT2D eigenvalue weighted by atomic mass is 10.2. The van der Waals surface area contributed by atoms with Crippen molar-refractivity contribution in [2.45, 2.75) is 19.8 Å². The van der Waals surface area contributed by atoms with Gasteiger partial charge in [-0.15, -0.1) is 0 Å². The molecule has 0 unspecified atom stereocenters. The molecule has 8 nitrogen and oxygen atoms in total. The Morgan fingerprint density at radius 3 is 2.64 bits per heavy atom. The summed E-state index contributed by atoms with van der Waals surface area (Å²) in [6, 6.07) is 12.0. The van der Waals surface area contributed by atoms with Crippen LogP contribution in [0.4, 0.5) is 5.69 Å². The third-order valence-electron chi connectivity index (χ3n) is 3.87. The number of ether oxygens (including phenoxy) is 1. The van der Waals surface area contributed by atoms with Crippen LogP contribution in [0, 0.1) is 0 Å². The SMILES string of the molecule is CCCCOc1ccccc1NC(=O)c1nc(-c2ccccn2)nc(O)c1O. The molecule has 0 aliphatic carbocycles. The van der Waals surface area contributed by atoms with Crippen LogP contribution < -0.4 is 10.1 Å². The van der Waals surface area contributed by atoms with Crippen molar-refractivity contribution in [1.82, 2.24) is 15.0 Å². The minimum absolute atomic E-state index is 0.0218. The summed E-state index contributed by atoms with van der Waals surface area (Å²) in [4.78, 5) is 24.7. The maximum atomic E-state index is 12.7. The number of rotatable bonds is 7. The number of hydrogen-bond acceptors (Lipinski definition) is 7. The summed E-state index contributed by atoms with van der Waals surface area (Å²) in [5.74, 6) is -1.59. The largest absolute Gasteiger partial charge is 0.501 e. The van der Waals surface area contributed by atoms with E-state index in [4.69, 9.17) is 4.74 Å². The number of carbonyl (C=O) groups excluding carboxylic acids is 1. The van der Waals surface area contributed by atoms with Gasteiger partial charge in [-0.1, -0.05) is 31.5 Å². The molecule has 28 heavy (non-hydrogen) atoms. The van der Waals surface area contributed by atoms with Crippen LogP contribution in [0.2, 0.25) is 0 Å². The quantitative estimate of drug-likeness (QED) is 0.538. The molecule has 3 N–H and O–H groups in total. The number of unbranched alkanes of at least 4 members (excludes halogenated alkanes) is 1. The van der Waals surface area contributed by atoms with Crippen molar-refractivity contribution in [3.05, 3.63) is 54.4 Å². The van der Waals surface area contributed by atoms with Gasteiger partial charge in [0.15, 0.2) is 11.5 Å². The predicted octanol–water partition coefficient (Wildman–Crippen LogP) is 3.38. The molecule has 1 amide bonds. The van der Waals surface area contributed by atoms with Gasteiger partial charge in [-0.3, -0.25) is 9.78 Å². The molecule has 0 saturated carbocycles. The number of nitrogens with one attached hydrogen (secondary N) is 1. The highest BCUT2D eigenvalue weighted by Crippen LogP contribution is 2.30. The van der Waals surface area contributed by atoms with Gasteiger partial charge in [0.2, 0.25) is 5.75 Å². The molecule has 3 aromatic rings. The Morgan fingerprint density at radius 1 is 1.11 bits per heavy atom. The van der Waals surface area contributed by atoms with Crippen molar-refractivity contribution in [1.29, 1.82) is 0 Å². The van der Waals surface area contributed by atoms with E-state index in [2.05, 4.69) is 27.2 Å². The third kappa shape index (κ3) is 4.35. The van der Waals surface area contributed by atoms with Crippen LogP contribution in [0.3, 0.4) is 0 Å². The summed E-state index contributed by atoms with van der Waals surface area (Å²) < 4.78 is 5.69. The normalized spacial score (nSPS) is 10.5. The molecule has 144 valence electrons. The molecule has 2 heterocycles. The van der Waals surface area contributed by atoms with Gasteiger partial charge >= 0.3 is 0 Å². The molecule has 0 bridgehead atoms. The van der Waals surface area contributed by atoms with Crippen LogP contribution in [0.5, 0.6) is 17.4 Å². The number of amides is 1. The molecule has 0 radical (unpaired) electrons. The number of aromatic hydroxyl groups is 2. The van der Waals surface area contributed by atoms with Gasteiger partial charge in [0.1, 0.15) is 11.4 Å². The highest BCUT2D eigenvalue weighted by Gasteiger charge is 2.21. The van der Waals surface area contributed by atoms with Crippen molar-refractivity contribution >= 4 is 11.6 Å². The van der Waals surface area contributed by atoms with Crippen molar-refractivity contribution < 1.29 is 19.7 Å². The summed E-state index contributed by atoms with van der Waals surface area (Å²) in [6.45, 7) is 2.58. The van der Waals surface area contributed by atoms with E-state index in [1.54, 1.807) is 42.5 Å². The number of aromatic nitrogens is 3. The molecule has 0 saturated heterocycles. The molecule has 1 aromatic carbocycles. The number of pyridine rings is 1. The van der Waals surface area contributed by atoms with Crippen LogP contribution in [-0.2, 0) is 0 Å². The molecule has 0 spiro atoms. The fraction of sp³-hybridized carbons (Fsp3) is 0.200. The molecule has 0 aliphatic rings. The smallest absolute Gasteiger partial charge is 0.278 e. The number of nitrogens with zero attached hydrogens (tertiary/aromatic N) is 3. The molecule has 0 fully saturated rings. The Morgan fingerprint density at radius 2 is 1.89 bits per heavy atom. The summed E-state index contributed by atoms with van der Waals surface area (Å²) in [6.07, 6.45) is 3.40. The summed E-state index contributed by atoms with van der Waals surface area (Å²) in [7, 11) is 0. The van der Waals surface area contributed by atoms with Crippen LogP contribution in [-0.4, -0.2) is 37.7 Å². The first-order valence-electron chi connectivity index (χ1n) is 8.84. The number of hydrogen-bond donors (Lipinski definition) is 3. The molecular weight excluding hydrogens is 360 g/mol. The fourth-order valence-electron chi connectivity index (χ4n) is 2.41. The Balaban J connectivity index is 1.88. The Labute approximate surface area is 161 Å². The number of carbonyl (C=O) groups is 1. The van der Waals surface area contributed by atoms with E-state index in [1.165, 1.54) is 6.20 Å². The van der Waals surface area contributed by atoms with Crippen molar-refractivity contribution in [2.24, 2.45) is 0 Å². The lowest BCUT2D eigenvalue weighted by molar-refractivity contribution is 0.101. The second kappa shape index (κ2) is 8.81. The van der Waals surface area contributed by atoms with E-state index in [0.29, 0.717) is 23.7 Å². The maximum Gasteiger partial charge on any atom is 0.278 e.